The number of hydrogen-bond donors (Lipinski definition) is 2. The molecule has 1 aromatic rings. The second kappa shape index (κ2) is 4.95. The molecule has 2 rings (SSSR count). The number of aliphatic hydroxyl groups is 1. The van der Waals surface area contributed by atoms with Crippen molar-refractivity contribution in [3.8, 4) is 0 Å². The smallest absolute Gasteiger partial charge is 0.105 e. The van der Waals surface area contributed by atoms with Crippen LogP contribution in [-0.4, -0.2) is 30.0 Å². The molecule has 0 aromatic heterocycles. The Morgan fingerprint density at radius 1 is 1.44 bits per heavy atom. The van der Waals surface area contributed by atoms with Crippen molar-refractivity contribution in [3.63, 3.8) is 0 Å². The van der Waals surface area contributed by atoms with Gasteiger partial charge in [0.1, 0.15) is 5.60 Å². The van der Waals surface area contributed by atoms with Crippen LogP contribution in [0.15, 0.2) is 30.3 Å². The van der Waals surface area contributed by atoms with Crippen molar-refractivity contribution < 1.29 is 9.84 Å². The first-order valence-corrected chi connectivity index (χ1v) is 5.79. The largest absolute Gasteiger partial charge is 0.386 e. The van der Waals surface area contributed by atoms with Crippen LogP contribution in [0.5, 0.6) is 0 Å². The topological polar surface area (TPSA) is 41.5 Å². The molecule has 1 aromatic carbocycles. The van der Waals surface area contributed by atoms with Crippen molar-refractivity contribution in [3.05, 3.63) is 35.9 Å². The normalized spacial score (nSPS) is 29.5. The van der Waals surface area contributed by atoms with Gasteiger partial charge in [0.25, 0.3) is 0 Å². The highest BCUT2D eigenvalue weighted by molar-refractivity contribution is 5.14. The summed E-state index contributed by atoms with van der Waals surface area (Å²) in [7, 11) is 0. The zero-order valence-corrected chi connectivity index (χ0v) is 9.65. The van der Waals surface area contributed by atoms with Crippen LogP contribution in [0.2, 0.25) is 0 Å². The molecule has 1 heterocycles. The summed E-state index contributed by atoms with van der Waals surface area (Å²) in [5, 5.41) is 13.5. The lowest BCUT2D eigenvalue weighted by molar-refractivity contribution is -0.0262. The van der Waals surface area contributed by atoms with Gasteiger partial charge in [0, 0.05) is 26.1 Å². The van der Waals surface area contributed by atoms with E-state index in [1.165, 1.54) is 5.56 Å². The third-order valence-electron chi connectivity index (χ3n) is 3.26. The first kappa shape index (κ1) is 11.6. The Balaban J connectivity index is 1.80. The average molecular weight is 221 g/mol. The Morgan fingerprint density at radius 2 is 2.19 bits per heavy atom. The van der Waals surface area contributed by atoms with Gasteiger partial charge in [-0.2, -0.15) is 0 Å². The third-order valence-corrected chi connectivity index (χ3v) is 3.26. The van der Waals surface area contributed by atoms with E-state index >= 15 is 0 Å². The fourth-order valence-corrected chi connectivity index (χ4v) is 2.02. The van der Waals surface area contributed by atoms with Crippen LogP contribution >= 0.6 is 0 Å². The molecule has 88 valence electrons. The summed E-state index contributed by atoms with van der Waals surface area (Å²) in [6, 6.07) is 10.2. The Bertz CT molecular complexity index is 328. The number of benzene rings is 1. The standard InChI is InChI=1S/C13H19NO2/c1-11-13(15,7-8-16-11)10-14-9-12-5-3-2-4-6-12/h2-6,11,14-15H,7-10H2,1H3/t11-,13-/m1/s1. The van der Waals surface area contributed by atoms with Crippen LogP contribution in [0.1, 0.15) is 18.9 Å². The lowest BCUT2D eigenvalue weighted by Gasteiger charge is -2.26. The monoisotopic (exact) mass is 221 g/mol. The molecular weight excluding hydrogens is 202 g/mol. The molecule has 0 aliphatic carbocycles. The average Bonchev–Trinajstić information content (AvgIpc) is 2.61. The van der Waals surface area contributed by atoms with Crippen molar-refractivity contribution in [2.45, 2.75) is 31.6 Å². The summed E-state index contributed by atoms with van der Waals surface area (Å²) < 4.78 is 5.38. The first-order valence-electron chi connectivity index (χ1n) is 5.79. The number of nitrogens with one attached hydrogen (secondary N) is 1. The van der Waals surface area contributed by atoms with Gasteiger partial charge in [-0.25, -0.2) is 0 Å². The van der Waals surface area contributed by atoms with Crippen LogP contribution in [0.3, 0.4) is 0 Å². The van der Waals surface area contributed by atoms with Crippen molar-refractivity contribution >= 4 is 0 Å². The van der Waals surface area contributed by atoms with Gasteiger partial charge in [-0.3, -0.25) is 0 Å². The van der Waals surface area contributed by atoms with Gasteiger partial charge in [0.15, 0.2) is 0 Å². The van der Waals surface area contributed by atoms with Crippen molar-refractivity contribution in [2.24, 2.45) is 0 Å². The summed E-state index contributed by atoms with van der Waals surface area (Å²) in [6.45, 7) is 3.96. The van der Waals surface area contributed by atoms with E-state index in [4.69, 9.17) is 4.74 Å². The third kappa shape index (κ3) is 2.61. The Morgan fingerprint density at radius 3 is 2.81 bits per heavy atom. The lowest BCUT2D eigenvalue weighted by atomic mass is 9.96. The molecule has 2 atom stereocenters. The van der Waals surface area contributed by atoms with Gasteiger partial charge >= 0.3 is 0 Å². The molecule has 1 fully saturated rings. The predicted octanol–water partition coefficient (Wildman–Crippen LogP) is 1.32. The maximum absolute atomic E-state index is 10.3. The number of rotatable bonds is 4. The molecule has 0 bridgehead atoms. The fraction of sp³-hybridized carbons (Fsp3) is 0.538. The molecule has 0 saturated carbocycles. The summed E-state index contributed by atoms with van der Waals surface area (Å²) in [4.78, 5) is 0. The van der Waals surface area contributed by atoms with Gasteiger partial charge in [0.05, 0.1) is 6.10 Å². The molecule has 3 nitrogen and oxygen atoms in total. The van der Waals surface area contributed by atoms with Crippen molar-refractivity contribution in [1.82, 2.24) is 5.32 Å². The highest BCUT2D eigenvalue weighted by Gasteiger charge is 2.38. The highest BCUT2D eigenvalue weighted by Crippen LogP contribution is 2.24. The van der Waals surface area contributed by atoms with E-state index in [2.05, 4.69) is 17.4 Å². The molecule has 1 aliphatic heterocycles. The molecule has 3 heteroatoms. The number of hydrogen-bond acceptors (Lipinski definition) is 3. The molecule has 0 amide bonds. The molecule has 1 saturated heterocycles. The van der Waals surface area contributed by atoms with Crippen molar-refractivity contribution in [1.29, 1.82) is 0 Å². The summed E-state index contributed by atoms with van der Waals surface area (Å²) in [6.07, 6.45) is 0.645. The summed E-state index contributed by atoms with van der Waals surface area (Å²) >= 11 is 0. The van der Waals surface area contributed by atoms with Crippen LogP contribution in [0.4, 0.5) is 0 Å². The Kier molecular flexibility index (Phi) is 3.59. The molecule has 16 heavy (non-hydrogen) atoms. The fourth-order valence-electron chi connectivity index (χ4n) is 2.02. The quantitative estimate of drug-likeness (QED) is 0.805. The maximum Gasteiger partial charge on any atom is 0.105 e. The van der Waals surface area contributed by atoms with E-state index in [9.17, 15) is 5.11 Å². The summed E-state index contributed by atoms with van der Waals surface area (Å²) in [5.41, 5.74) is 0.534. The van der Waals surface area contributed by atoms with Crippen LogP contribution in [-0.2, 0) is 11.3 Å². The van der Waals surface area contributed by atoms with Crippen molar-refractivity contribution in [2.75, 3.05) is 13.2 Å². The van der Waals surface area contributed by atoms with E-state index in [-0.39, 0.29) is 6.10 Å². The van der Waals surface area contributed by atoms with E-state index in [0.717, 1.165) is 13.0 Å². The second-order valence-electron chi connectivity index (χ2n) is 4.46. The summed E-state index contributed by atoms with van der Waals surface area (Å²) in [5.74, 6) is 0. The van der Waals surface area contributed by atoms with Crippen LogP contribution < -0.4 is 5.32 Å². The van der Waals surface area contributed by atoms with Gasteiger partial charge in [-0.05, 0) is 12.5 Å². The SMILES string of the molecule is C[C@H]1OCC[C@@]1(O)CNCc1ccccc1. The molecule has 1 aliphatic rings. The molecule has 0 radical (unpaired) electrons. The minimum absolute atomic E-state index is 0.0734. The maximum atomic E-state index is 10.3. The van der Waals surface area contributed by atoms with E-state index in [1.54, 1.807) is 0 Å². The lowest BCUT2D eigenvalue weighted by Crippen LogP contribution is -2.45. The minimum Gasteiger partial charge on any atom is -0.386 e. The molecule has 0 unspecified atom stereocenters. The minimum atomic E-state index is -0.700. The zero-order chi connectivity index (χ0) is 11.4. The van der Waals surface area contributed by atoms with E-state index < -0.39 is 5.60 Å². The Labute approximate surface area is 96.4 Å². The van der Waals surface area contributed by atoms with Gasteiger partial charge in [-0.1, -0.05) is 30.3 Å². The van der Waals surface area contributed by atoms with E-state index in [0.29, 0.717) is 13.2 Å². The molecule has 0 spiro atoms. The molecular formula is C13H19NO2. The van der Waals surface area contributed by atoms with Crippen LogP contribution in [0, 0.1) is 0 Å². The van der Waals surface area contributed by atoms with Gasteiger partial charge in [-0.15, -0.1) is 0 Å². The second-order valence-corrected chi connectivity index (χ2v) is 4.46. The van der Waals surface area contributed by atoms with Gasteiger partial charge < -0.3 is 15.2 Å². The van der Waals surface area contributed by atoms with Crippen LogP contribution in [0.25, 0.3) is 0 Å². The zero-order valence-electron chi connectivity index (χ0n) is 9.65. The van der Waals surface area contributed by atoms with E-state index in [1.807, 2.05) is 25.1 Å². The van der Waals surface area contributed by atoms with Gasteiger partial charge in [0.2, 0.25) is 0 Å². The first-order chi connectivity index (χ1) is 7.71. The highest BCUT2D eigenvalue weighted by atomic mass is 16.5. The number of ether oxygens (including phenoxy) is 1. The Hall–Kier alpha value is -0.900. The predicted molar refractivity (Wildman–Crippen MR) is 63.1 cm³/mol. The molecule has 2 N–H and O–H groups in total.